The Hall–Kier alpha value is -1.56. The van der Waals surface area contributed by atoms with E-state index in [0.717, 1.165) is 6.26 Å². The molecule has 0 bridgehead atoms. The molecule has 0 aliphatic carbocycles. The molecule has 10 heteroatoms. The fraction of sp³-hybridized carbons (Fsp3) is 0.467. The minimum Gasteiger partial charge on any atom is -0.481 e. The zero-order valence-electron chi connectivity index (χ0n) is 14.5. The summed E-state index contributed by atoms with van der Waals surface area (Å²) in [6.07, 6.45) is -0.0973. The summed E-state index contributed by atoms with van der Waals surface area (Å²) in [6, 6.07) is 4.29. The van der Waals surface area contributed by atoms with Gasteiger partial charge < -0.3 is 14.2 Å². The van der Waals surface area contributed by atoms with Gasteiger partial charge in [-0.15, -0.1) is 0 Å². The van der Waals surface area contributed by atoms with E-state index >= 15 is 0 Å². The predicted molar refractivity (Wildman–Crippen MR) is 100 cm³/mol. The molecule has 0 unspecified atom stereocenters. The molecule has 25 heavy (non-hydrogen) atoms. The van der Waals surface area contributed by atoms with Crippen LogP contribution in [0, 0.1) is 3.57 Å². The number of nitrogens with zero attached hydrogens (tertiary/aromatic N) is 1. The molecule has 0 aliphatic heterocycles. The van der Waals surface area contributed by atoms with E-state index in [4.69, 9.17) is 9.47 Å². The Morgan fingerprint density at radius 1 is 1.24 bits per heavy atom. The molecule has 0 spiro atoms. The highest BCUT2D eigenvalue weighted by Gasteiger charge is 2.30. The van der Waals surface area contributed by atoms with Gasteiger partial charge in [0.15, 0.2) is 6.61 Å². The van der Waals surface area contributed by atoms with Gasteiger partial charge in [0.05, 0.1) is 22.6 Å². The third kappa shape index (κ3) is 6.69. The minimum atomic E-state index is -3.91. The van der Waals surface area contributed by atoms with Crippen molar-refractivity contribution >= 4 is 50.4 Å². The SMILES string of the molecule is COC(=O)COc1ccc(N(C(=O)OC(C)(C)C)S(C)(=O)=O)cc1I. The van der Waals surface area contributed by atoms with Crippen molar-refractivity contribution < 1.29 is 32.2 Å². The van der Waals surface area contributed by atoms with Crippen molar-refractivity contribution in [2.75, 3.05) is 24.3 Å². The van der Waals surface area contributed by atoms with E-state index in [2.05, 4.69) is 4.74 Å². The van der Waals surface area contributed by atoms with Crippen molar-refractivity contribution in [3.05, 3.63) is 21.8 Å². The highest BCUT2D eigenvalue weighted by atomic mass is 127. The minimum absolute atomic E-state index is 0.103. The summed E-state index contributed by atoms with van der Waals surface area (Å²) in [6.45, 7) is 4.63. The van der Waals surface area contributed by atoms with Gasteiger partial charge in [0.25, 0.3) is 0 Å². The van der Waals surface area contributed by atoms with Gasteiger partial charge in [-0.2, -0.15) is 4.31 Å². The first-order valence-corrected chi connectivity index (χ1v) is 10.0. The number of benzene rings is 1. The molecule has 8 nitrogen and oxygen atoms in total. The van der Waals surface area contributed by atoms with Gasteiger partial charge in [0.1, 0.15) is 11.4 Å². The quantitative estimate of drug-likeness (QED) is 0.467. The topological polar surface area (TPSA) is 99.2 Å². The number of hydrogen-bond acceptors (Lipinski definition) is 7. The highest BCUT2D eigenvalue weighted by molar-refractivity contribution is 14.1. The third-order valence-corrected chi connectivity index (χ3v) is 4.48. The second-order valence-corrected chi connectivity index (χ2v) is 8.98. The summed E-state index contributed by atoms with van der Waals surface area (Å²) in [5.41, 5.74) is -0.747. The molecule has 1 amide bonds. The Bertz CT molecular complexity index is 756. The predicted octanol–water partition coefficient (Wildman–Crippen LogP) is 2.54. The molecule has 1 aromatic rings. The van der Waals surface area contributed by atoms with Crippen molar-refractivity contribution in [2.24, 2.45) is 0 Å². The fourth-order valence-corrected chi connectivity index (χ4v) is 3.12. The van der Waals surface area contributed by atoms with Crippen LogP contribution >= 0.6 is 22.6 Å². The average Bonchev–Trinajstić information content (AvgIpc) is 2.42. The van der Waals surface area contributed by atoms with Crippen LogP contribution in [0.4, 0.5) is 10.5 Å². The monoisotopic (exact) mass is 485 g/mol. The Balaban J connectivity index is 3.14. The average molecular weight is 485 g/mol. The van der Waals surface area contributed by atoms with Crippen LogP contribution in [0.3, 0.4) is 0 Å². The second-order valence-electron chi connectivity index (χ2n) is 5.99. The van der Waals surface area contributed by atoms with Gasteiger partial charge in [-0.1, -0.05) is 0 Å². The van der Waals surface area contributed by atoms with Gasteiger partial charge >= 0.3 is 12.1 Å². The molecular formula is C15H20INO7S. The maximum Gasteiger partial charge on any atom is 0.428 e. The van der Waals surface area contributed by atoms with E-state index < -0.39 is 27.7 Å². The summed E-state index contributed by atoms with van der Waals surface area (Å²) in [5, 5.41) is 0. The van der Waals surface area contributed by atoms with E-state index in [0.29, 0.717) is 13.6 Å². The fourth-order valence-electron chi connectivity index (χ4n) is 1.66. The molecule has 0 saturated heterocycles. The first-order chi connectivity index (χ1) is 11.3. The van der Waals surface area contributed by atoms with E-state index in [1.54, 1.807) is 20.8 Å². The standard InChI is InChI=1S/C15H20INO7S/c1-15(2,3)24-14(19)17(25(5,20)21)10-6-7-12(11(16)8-10)23-9-13(18)22-4/h6-8H,9H2,1-5H3. The van der Waals surface area contributed by atoms with Crippen molar-refractivity contribution in [1.29, 1.82) is 0 Å². The lowest BCUT2D eigenvalue weighted by Crippen LogP contribution is -2.40. The van der Waals surface area contributed by atoms with Crippen LogP contribution < -0.4 is 9.04 Å². The van der Waals surface area contributed by atoms with E-state index in [1.165, 1.54) is 25.3 Å². The van der Waals surface area contributed by atoms with Crippen molar-refractivity contribution in [1.82, 2.24) is 0 Å². The van der Waals surface area contributed by atoms with Crippen LogP contribution in [0.25, 0.3) is 0 Å². The van der Waals surface area contributed by atoms with Crippen molar-refractivity contribution in [3.8, 4) is 5.75 Å². The number of ether oxygens (including phenoxy) is 3. The van der Waals surface area contributed by atoms with Gasteiger partial charge in [-0.05, 0) is 61.6 Å². The molecular weight excluding hydrogens is 465 g/mol. The van der Waals surface area contributed by atoms with Crippen LogP contribution in [-0.4, -0.2) is 46.1 Å². The number of esters is 1. The van der Waals surface area contributed by atoms with Gasteiger partial charge in [0.2, 0.25) is 10.0 Å². The Labute approximate surface area is 160 Å². The summed E-state index contributed by atoms with van der Waals surface area (Å²) < 4.78 is 40.1. The molecule has 0 aliphatic rings. The molecule has 0 radical (unpaired) electrons. The maximum absolute atomic E-state index is 12.3. The number of amides is 1. The van der Waals surface area contributed by atoms with Gasteiger partial charge in [0, 0.05) is 0 Å². The third-order valence-electron chi connectivity index (χ3n) is 2.61. The van der Waals surface area contributed by atoms with Crippen molar-refractivity contribution in [2.45, 2.75) is 26.4 Å². The summed E-state index contributed by atoms with van der Waals surface area (Å²) in [4.78, 5) is 23.4. The van der Waals surface area contributed by atoms with Crippen LogP contribution in [0.1, 0.15) is 20.8 Å². The smallest absolute Gasteiger partial charge is 0.428 e. The molecule has 0 fully saturated rings. The number of halogens is 1. The molecule has 0 atom stereocenters. The number of carbonyl (C=O) groups excluding carboxylic acids is 2. The summed E-state index contributed by atoms with van der Waals surface area (Å²) in [7, 11) is -2.67. The summed E-state index contributed by atoms with van der Waals surface area (Å²) >= 11 is 1.91. The lowest BCUT2D eigenvalue weighted by molar-refractivity contribution is -0.142. The number of carbonyl (C=O) groups is 2. The lowest BCUT2D eigenvalue weighted by atomic mass is 10.2. The number of sulfonamides is 1. The Morgan fingerprint density at radius 3 is 2.28 bits per heavy atom. The van der Waals surface area contributed by atoms with E-state index in [1.807, 2.05) is 22.6 Å². The van der Waals surface area contributed by atoms with Gasteiger partial charge in [-0.3, -0.25) is 0 Å². The van der Waals surface area contributed by atoms with Crippen LogP contribution in [0.2, 0.25) is 0 Å². The van der Waals surface area contributed by atoms with Crippen LogP contribution in [0.5, 0.6) is 5.75 Å². The number of anilines is 1. The highest BCUT2D eigenvalue weighted by Crippen LogP contribution is 2.29. The molecule has 1 aromatic carbocycles. The molecule has 0 N–H and O–H groups in total. The largest absolute Gasteiger partial charge is 0.481 e. The van der Waals surface area contributed by atoms with Gasteiger partial charge in [-0.25, -0.2) is 18.0 Å². The van der Waals surface area contributed by atoms with Crippen LogP contribution in [0.15, 0.2) is 18.2 Å². The number of methoxy groups -OCH3 is 1. The lowest BCUT2D eigenvalue weighted by Gasteiger charge is -2.26. The summed E-state index contributed by atoms with van der Waals surface area (Å²) in [5.74, 6) is -0.196. The Morgan fingerprint density at radius 2 is 1.84 bits per heavy atom. The zero-order valence-corrected chi connectivity index (χ0v) is 17.5. The van der Waals surface area contributed by atoms with E-state index in [-0.39, 0.29) is 12.3 Å². The number of rotatable bonds is 5. The molecule has 1 rings (SSSR count). The number of hydrogen-bond donors (Lipinski definition) is 0. The maximum atomic E-state index is 12.3. The molecule has 140 valence electrons. The molecule has 0 saturated carbocycles. The zero-order chi connectivity index (χ0) is 19.4. The van der Waals surface area contributed by atoms with Crippen molar-refractivity contribution in [3.63, 3.8) is 0 Å². The molecule has 0 heterocycles. The first-order valence-electron chi connectivity index (χ1n) is 7.07. The van der Waals surface area contributed by atoms with E-state index in [9.17, 15) is 18.0 Å². The second kappa shape index (κ2) is 8.21. The first kappa shape index (κ1) is 21.5. The molecule has 0 aromatic heterocycles. The normalized spacial score (nSPS) is 11.6. The van der Waals surface area contributed by atoms with Crippen LogP contribution in [-0.2, 0) is 24.3 Å². The Kier molecular flexibility index (Phi) is 7.06.